The number of benzene rings is 2. The summed E-state index contributed by atoms with van der Waals surface area (Å²) < 4.78 is 0. The number of thiazole rings is 1. The van der Waals surface area contributed by atoms with Gasteiger partial charge in [-0.05, 0) is 63.1 Å². The molecule has 3 aromatic rings. The van der Waals surface area contributed by atoms with Gasteiger partial charge in [0.1, 0.15) is 0 Å². The van der Waals surface area contributed by atoms with Crippen molar-refractivity contribution in [3.8, 4) is 11.3 Å². The maximum atomic E-state index is 4.74. The Bertz CT molecular complexity index is 812. The first kappa shape index (κ1) is 17.5. The minimum absolute atomic E-state index is 0.924. The first-order valence-electron chi connectivity index (χ1n) is 8.75. The van der Waals surface area contributed by atoms with Crippen molar-refractivity contribution in [2.75, 3.05) is 23.3 Å². The lowest BCUT2D eigenvalue weighted by atomic mass is 10.1. The minimum atomic E-state index is 0.924. The molecule has 2 aromatic carbocycles. The van der Waals surface area contributed by atoms with Crippen LogP contribution in [-0.4, -0.2) is 18.1 Å². The lowest BCUT2D eigenvalue weighted by Gasteiger charge is -2.20. The van der Waals surface area contributed by atoms with Gasteiger partial charge in [-0.25, -0.2) is 4.98 Å². The van der Waals surface area contributed by atoms with Gasteiger partial charge in [0.15, 0.2) is 5.13 Å². The maximum Gasteiger partial charge on any atom is 0.187 e. The topological polar surface area (TPSA) is 28.2 Å². The zero-order chi connectivity index (χ0) is 17.8. The molecule has 25 heavy (non-hydrogen) atoms. The molecule has 0 spiro atoms. The van der Waals surface area contributed by atoms with Crippen LogP contribution in [0, 0.1) is 13.8 Å². The van der Waals surface area contributed by atoms with Crippen LogP contribution in [-0.2, 0) is 0 Å². The van der Waals surface area contributed by atoms with Crippen LogP contribution >= 0.6 is 11.3 Å². The fourth-order valence-electron chi connectivity index (χ4n) is 3.07. The highest BCUT2D eigenvalue weighted by Crippen LogP contribution is 2.29. The summed E-state index contributed by atoms with van der Waals surface area (Å²) in [6.07, 6.45) is 0. The summed E-state index contributed by atoms with van der Waals surface area (Å²) in [7, 11) is 0. The van der Waals surface area contributed by atoms with E-state index < -0.39 is 0 Å². The van der Waals surface area contributed by atoms with E-state index in [-0.39, 0.29) is 0 Å². The summed E-state index contributed by atoms with van der Waals surface area (Å²) in [5, 5.41) is 6.46. The Morgan fingerprint density at radius 3 is 2.20 bits per heavy atom. The van der Waals surface area contributed by atoms with Crippen LogP contribution in [0.3, 0.4) is 0 Å². The molecule has 0 aliphatic rings. The average molecular weight is 352 g/mol. The van der Waals surface area contributed by atoms with E-state index in [9.17, 15) is 0 Å². The minimum Gasteiger partial charge on any atom is -0.372 e. The third-order valence-electron chi connectivity index (χ3n) is 4.27. The van der Waals surface area contributed by atoms with Crippen molar-refractivity contribution < 1.29 is 0 Å². The molecule has 0 radical (unpaired) electrons. The van der Waals surface area contributed by atoms with Gasteiger partial charge in [0.25, 0.3) is 0 Å². The lowest BCUT2D eigenvalue weighted by Crippen LogP contribution is -2.21. The number of hydrogen-bond acceptors (Lipinski definition) is 4. The highest BCUT2D eigenvalue weighted by atomic mass is 32.1. The predicted molar refractivity (Wildman–Crippen MR) is 110 cm³/mol. The molecule has 0 aliphatic carbocycles. The van der Waals surface area contributed by atoms with Crippen molar-refractivity contribution in [1.29, 1.82) is 0 Å². The second-order valence-electron chi connectivity index (χ2n) is 6.26. The number of aryl methyl sites for hydroxylation is 2. The van der Waals surface area contributed by atoms with Gasteiger partial charge in [-0.2, -0.15) is 0 Å². The van der Waals surface area contributed by atoms with Gasteiger partial charge < -0.3 is 10.2 Å². The highest BCUT2D eigenvalue weighted by molar-refractivity contribution is 7.14. The van der Waals surface area contributed by atoms with E-state index in [4.69, 9.17) is 4.98 Å². The van der Waals surface area contributed by atoms with Gasteiger partial charge in [-0.15, -0.1) is 11.3 Å². The van der Waals surface area contributed by atoms with E-state index >= 15 is 0 Å². The molecule has 0 bridgehead atoms. The van der Waals surface area contributed by atoms with Crippen molar-refractivity contribution in [2.24, 2.45) is 0 Å². The molecule has 3 nitrogen and oxygen atoms in total. The van der Waals surface area contributed by atoms with Crippen molar-refractivity contribution in [3.05, 3.63) is 59.0 Å². The molecule has 1 heterocycles. The number of rotatable bonds is 6. The van der Waals surface area contributed by atoms with Crippen molar-refractivity contribution >= 4 is 27.8 Å². The van der Waals surface area contributed by atoms with Crippen LogP contribution in [0.15, 0.2) is 47.8 Å². The molecule has 0 unspecified atom stereocenters. The van der Waals surface area contributed by atoms with Crippen molar-refractivity contribution in [2.45, 2.75) is 27.7 Å². The summed E-state index contributed by atoms with van der Waals surface area (Å²) in [5.41, 5.74) is 7.04. The molecule has 0 atom stereocenters. The van der Waals surface area contributed by atoms with Gasteiger partial charge in [-0.3, -0.25) is 0 Å². The van der Waals surface area contributed by atoms with Gasteiger partial charge in [0, 0.05) is 35.4 Å². The van der Waals surface area contributed by atoms with Crippen molar-refractivity contribution in [1.82, 2.24) is 4.98 Å². The standard InChI is InChI=1S/C21H25N3S/c1-5-24(6-2)19-9-7-17(8-10-19)20-14-25-21(23-20)22-18-12-15(3)11-16(4)13-18/h7-14H,5-6H2,1-4H3,(H,22,23). The Kier molecular flexibility index (Phi) is 5.39. The second kappa shape index (κ2) is 7.70. The lowest BCUT2D eigenvalue weighted by molar-refractivity contribution is 0.866. The molecule has 4 heteroatoms. The molecule has 0 saturated heterocycles. The third kappa shape index (κ3) is 4.20. The largest absolute Gasteiger partial charge is 0.372 e. The Balaban J connectivity index is 1.77. The SMILES string of the molecule is CCN(CC)c1ccc(-c2csc(Nc3cc(C)cc(C)c3)n2)cc1. The van der Waals surface area contributed by atoms with E-state index in [1.807, 2.05) is 0 Å². The Morgan fingerprint density at radius 1 is 0.960 bits per heavy atom. The van der Waals surface area contributed by atoms with Crippen LogP contribution in [0.25, 0.3) is 11.3 Å². The Hall–Kier alpha value is -2.33. The van der Waals surface area contributed by atoms with E-state index in [0.717, 1.165) is 35.2 Å². The number of anilines is 3. The average Bonchev–Trinajstić information content (AvgIpc) is 3.04. The quantitative estimate of drug-likeness (QED) is 0.589. The number of nitrogens with zero attached hydrogens (tertiary/aromatic N) is 2. The molecular formula is C21H25N3S. The van der Waals surface area contributed by atoms with Gasteiger partial charge in [0.2, 0.25) is 0 Å². The summed E-state index contributed by atoms with van der Waals surface area (Å²) in [4.78, 5) is 7.09. The maximum absolute atomic E-state index is 4.74. The second-order valence-corrected chi connectivity index (χ2v) is 7.12. The van der Waals surface area contributed by atoms with Gasteiger partial charge >= 0.3 is 0 Å². The number of hydrogen-bond donors (Lipinski definition) is 1. The van der Waals surface area contributed by atoms with Crippen LogP contribution < -0.4 is 10.2 Å². The highest BCUT2D eigenvalue weighted by Gasteiger charge is 2.07. The Morgan fingerprint density at radius 2 is 1.60 bits per heavy atom. The fraction of sp³-hybridized carbons (Fsp3) is 0.286. The number of aromatic nitrogens is 1. The van der Waals surface area contributed by atoms with Crippen LogP contribution in [0.1, 0.15) is 25.0 Å². The smallest absolute Gasteiger partial charge is 0.187 e. The van der Waals surface area contributed by atoms with Crippen LogP contribution in [0.4, 0.5) is 16.5 Å². The molecule has 130 valence electrons. The van der Waals surface area contributed by atoms with Gasteiger partial charge in [0.05, 0.1) is 5.69 Å². The van der Waals surface area contributed by atoms with Gasteiger partial charge in [-0.1, -0.05) is 18.2 Å². The summed E-state index contributed by atoms with van der Waals surface area (Å²) >= 11 is 1.64. The van der Waals surface area contributed by atoms with E-state index in [2.05, 4.69) is 85.8 Å². The third-order valence-corrected chi connectivity index (χ3v) is 5.03. The Labute approximate surface area is 154 Å². The molecule has 0 amide bonds. The van der Waals surface area contributed by atoms with Crippen LogP contribution in [0.5, 0.6) is 0 Å². The monoisotopic (exact) mass is 351 g/mol. The first-order chi connectivity index (χ1) is 12.1. The number of nitrogens with one attached hydrogen (secondary N) is 1. The summed E-state index contributed by atoms with van der Waals surface area (Å²) in [6, 6.07) is 15.1. The molecule has 0 aliphatic heterocycles. The van der Waals surface area contributed by atoms with Crippen LogP contribution in [0.2, 0.25) is 0 Å². The first-order valence-corrected chi connectivity index (χ1v) is 9.63. The van der Waals surface area contributed by atoms with Crippen molar-refractivity contribution in [3.63, 3.8) is 0 Å². The zero-order valence-corrected chi connectivity index (χ0v) is 16.2. The van der Waals surface area contributed by atoms with E-state index in [1.54, 1.807) is 11.3 Å². The zero-order valence-electron chi connectivity index (χ0n) is 15.3. The predicted octanol–water partition coefficient (Wildman–Crippen LogP) is 6.02. The molecule has 0 fully saturated rings. The molecule has 1 N–H and O–H groups in total. The molecule has 1 aromatic heterocycles. The molecule has 3 rings (SSSR count). The summed E-state index contributed by atoms with van der Waals surface area (Å²) in [5.74, 6) is 0. The van der Waals surface area contributed by atoms with E-state index in [1.165, 1.54) is 16.8 Å². The fourth-order valence-corrected chi connectivity index (χ4v) is 3.81. The molecular weight excluding hydrogens is 326 g/mol. The van der Waals surface area contributed by atoms with E-state index in [0.29, 0.717) is 0 Å². The normalized spacial score (nSPS) is 10.7. The summed E-state index contributed by atoms with van der Waals surface area (Å²) in [6.45, 7) is 10.6. The molecule has 0 saturated carbocycles.